The van der Waals surface area contributed by atoms with E-state index in [0.29, 0.717) is 23.5 Å². The minimum atomic E-state index is 0.354. The Bertz CT molecular complexity index is 1290. The van der Waals surface area contributed by atoms with Crippen molar-refractivity contribution in [1.29, 1.82) is 5.41 Å². The Hall–Kier alpha value is -4.12. The van der Waals surface area contributed by atoms with Gasteiger partial charge in [0.25, 0.3) is 0 Å². The van der Waals surface area contributed by atoms with Crippen LogP contribution in [0.4, 0.5) is 0 Å². The molecule has 0 spiro atoms. The molecular formula is C27H25N5. The lowest BCUT2D eigenvalue weighted by atomic mass is 10.0. The molecule has 0 saturated heterocycles. The van der Waals surface area contributed by atoms with Gasteiger partial charge >= 0.3 is 0 Å². The van der Waals surface area contributed by atoms with Gasteiger partial charge in [0.05, 0.1) is 34.2 Å². The maximum absolute atomic E-state index is 8.49. The molecule has 3 aromatic heterocycles. The van der Waals surface area contributed by atoms with Crippen LogP contribution in [0.25, 0.3) is 33.9 Å². The second-order valence-electron chi connectivity index (χ2n) is 7.49. The third kappa shape index (κ3) is 4.47. The average Bonchev–Trinajstić information content (AvgIpc) is 2.88. The Balaban J connectivity index is 1.68. The summed E-state index contributed by atoms with van der Waals surface area (Å²) in [6, 6.07) is 25.6. The van der Waals surface area contributed by atoms with Crippen LogP contribution in [0.1, 0.15) is 26.0 Å². The summed E-state index contributed by atoms with van der Waals surface area (Å²) in [5.41, 5.74) is 13.8. The minimum absolute atomic E-state index is 0.354. The predicted molar refractivity (Wildman–Crippen MR) is 130 cm³/mol. The standard InChI is InChI=1S/C27H25N5/c1-3-21(28)18(2)27(29)26-15-8-13-23(32-26)20-10-6-9-19(17-20)22-12-7-14-25(31-22)24-11-4-5-16-30-24/h4-17,29H,3,28H2,1-2H3. The monoisotopic (exact) mass is 419 g/mol. The molecule has 158 valence electrons. The zero-order chi connectivity index (χ0) is 22.5. The first-order valence-corrected chi connectivity index (χ1v) is 10.6. The van der Waals surface area contributed by atoms with Crippen molar-refractivity contribution in [3.8, 4) is 33.9 Å². The van der Waals surface area contributed by atoms with Crippen LogP contribution in [0.5, 0.6) is 0 Å². The number of hydrogen-bond donors (Lipinski definition) is 2. The molecule has 32 heavy (non-hydrogen) atoms. The van der Waals surface area contributed by atoms with E-state index in [0.717, 1.165) is 39.5 Å². The molecule has 0 aliphatic rings. The van der Waals surface area contributed by atoms with Gasteiger partial charge in [-0.15, -0.1) is 0 Å². The second-order valence-corrected chi connectivity index (χ2v) is 7.49. The first-order chi connectivity index (χ1) is 15.6. The van der Waals surface area contributed by atoms with Crippen molar-refractivity contribution in [2.24, 2.45) is 5.73 Å². The molecule has 4 aromatic rings. The lowest BCUT2D eigenvalue weighted by Crippen LogP contribution is -2.10. The van der Waals surface area contributed by atoms with Crippen molar-refractivity contribution in [3.63, 3.8) is 0 Å². The Morgan fingerprint density at radius 3 is 2.09 bits per heavy atom. The van der Waals surface area contributed by atoms with E-state index < -0.39 is 0 Å². The summed E-state index contributed by atoms with van der Waals surface area (Å²) >= 11 is 0. The van der Waals surface area contributed by atoms with Gasteiger partial charge < -0.3 is 5.73 Å². The Morgan fingerprint density at radius 1 is 0.781 bits per heavy atom. The molecule has 0 unspecified atom stereocenters. The highest BCUT2D eigenvalue weighted by Crippen LogP contribution is 2.26. The zero-order valence-corrected chi connectivity index (χ0v) is 18.2. The molecule has 0 aliphatic carbocycles. The van der Waals surface area contributed by atoms with Crippen molar-refractivity contribution >= 4 is 5.71 Å². The molecule has 0 aliphatic heterocycles. The molecule has 0 fully saturated rings. The van der Waals surface area contributed by atoms with Gasteiger partial charge in [-0.3, -0.25) is 10.4 Å². The first kappa shape index (κ1) is 21.1. The van der Waals surface area contributed by atoms with Crippen molar-refractivity contribution < 1.29 is 0 Å². The number of benzene rings is 1. The van der Waals surface area contributed by atoms with Crippen LogP contribution in [0, 0.1) is 5.41 Å². The molecule has 0 saturated carbocycles. The fraction of sp³-hybridized carbons (Fsp3) is 0.111. The summed E-state index contributed by atoms with van der Waals surface area (Å²) in [7, 11) is 0. The van der Waals surface area contributed by atoms with E-state index >= 15 is 0 Å². The van der Waals surface area contributed by atoms with Gasteiger partial charge in [0.15, 0.2) is 0 Å². The summed E-state index contributed by atoms with van der Waals surface area (Å²) in [5.74, 6) is 0. The molecule has 1 aromatic carbocycles. The second kappa shape index (κ2) is 9.35. The highest BCUT2D eigenvalue weighted by molar-refractivity contribution is 6.09. The molecule has 5 nitrogen and oxygen atoms in total. The average molecular weight is 420 g/mol. The van der Waals surface area contributed by atoms with Crippen LogP contribution in [0.3, 0.4) is 0 Å². The number of nitrogens with one attached hydrogen (secondary N) is 1. The van der Waals surface area contributed by atoms with Crippen molar-refractivity contribution in [2.45, 2.75) is 20.3 Å². The summed E-state index contributed by atoms with van der Waals surface area (Å²) in [4.78, 5) is 13.9. The van der Waals surface area contributed by atoms with E-state index in [1.54, 1.807) is 6.20 Å². The quantitative estimate of drug-likeness (QED) is 0.382. The van der Waals surface area contributed by atoms with E-state index in [1.165, 1.54) is 0 Å². The smallest absolute Gasteiger partial charge is 0.0893 e. The van der Waals surface area contributed by atoms with Gasteiger partial charge in [-0.05, 0) is 61.4 Å². The van der Waals surface area contributed by atoms with E-state index in [1.807, 2.05) is 86.6 Å². The topological polar surface area (TPSA) is 88.5 Å². The van der Waals surface area contributed by atoms with Crippen molar-refractivity contribution in [3.05, 3.63) is 102 Å². The number of aromatic nitrogens is 3. The van der Waals surface area contributed by atoms with Crippen LogP contribution in [0.15, 0.2) is 96.3 Å². The Labute approximate surface area is 188 Å². The number of rotatable bonds is 6. The number of pyridine rings is 3. The lowest BCUT2D eigenvalue weighted by molar-refractivity contribution is 1.04. The highest BCUT2D eigenvalue weighted by atomic mass is 14.8. The van der Waals surface area contributed by atoms with Crippen molar-refractivity contribution in [2.75, 3.05) is 0 Å². The van der Waals surface area contributed by atoms with Crippen LogP contribution in [-0.4, -0.2) is 20.7 Å². The van der Waals surface area contributed by atoms with Crippen molar-refractivity contribution in [1.82, 2.24) is 15.0 Å². The van der Waals surface area contributed by atoms with Crippen LogP contribution in [0.2, 0.25) is 0 Å². The molecular weight excluding hydrogens is 394 g/mol. The van der Waals surface area contributed by atoms with E-state index in [2.05, 4.69) is 11.1 Å². The van der Waals surface area contributed by atoms with Gasteiger partial charge in [0.2, 0.25) is 0 Å². The van der Waals surface area contributed by atoms with Gasteiger partial charge in [-0.2, -0.15) is 0 Å². The third-order valence-electron chi connectivity index (χ3n) is 5.37. The van der Waals surface area contributed by atoms with Crippen LogP contribution >= 0.6 is 0 Å². The molecule has 0 amide bonds. The lowest BCUT2D eigenvalue weighted by Gasteiger charge is -2.10. The van der Waals surface area contributed by atoms with Gasteiger partial charge in [-0.25, -0.2) is 9.97 Å². The van der Waals surface area contributed by atoms with Gasteiger partial charge in [0, 0.05) is 23.0 Å². The Morgan fingerprint density at radius 2 is 1.41 bits per heavy atom. The summed E-state index contributed by atoms with van der Waals surface area (Å²) in [6.45, 7) is 3.86. The zero-order valence-electron chi connectivity index (χ0n) is 18.2. The maximum atomic E-state index is 8.49. The maximum Gasteiger partial charge on any atom is 0.0893 e. The number of hydrogen-bond acceptors (Lipinski definition) is 5. The van der Waals surface area contributed by atoms with E-state index in [9.17, 15) is 0 Å². The molecule has 0 atom stereocenters. The predicted octanol–water partition coefficient (Wildman–Crippen LogP) is 5.88. The summed E-state index contributed by atoms with van der Waals surface area (Å²) in [5, 5.41) is 8.49. The normalized spacial score (nSPS) is 11.7. The molecule has 4 rings (SSSR count). The van der Waals surface area contributed by atoms with E-state index in [-0.39, 0.29) is 0 Å². The fourth-order valence-electron chi connectivity index (χ4n) is 3.44. The third-order valence-corrected chi connectivity index (χ3v) is 5.37. The number of nitrogens with two attached hydrogens (primary N) is 1. The fourth-order valence-corrected chi connectivity index (χ4v) is 3.44. The molecule has 0 radical (unpaired) electrons. The molecule has 3 heterocycles. The molecule has 0 bridgehead atoms. The van der Waals surface area contributed by atoms with Gasteiger partial charge in [-0.1, -0.05) is 43.3 Å². The number of nitrogens with zero attached hydrogens (tertiary/aromatic N) is 3. The van der Waals surface area contributed by atoms with Gasteiger partial charge in [0.1, 0.15) is 0 Å². The molecule has 3 N–H and O–H groups in total. The van der Waals surface area contributed by atoms with Crippen LogP contribution in [-0.2, 0) is 0 Å². The minimum Gasteiger partial charge on any atom is -0.402 e. The first-order valence-electron chi connectivity index (χ1n) is 10.6. The summed E-state index contributed by atoms with van der Waals surface area (Å²) in [6.07, 6.45) is 2.48. The largest absolute Gasteiger partial charge is 0.402 e. The Kier molecular flexibility index (Phi) is 6.17. The van der Waals surface area contributed by atoms with E-state index in [4.69, 9.17) is 21.1 Å². The number of allylic oxidation sites excluding steroid dienone is 2. The molecule has 5 heteroatoms. The summed E-state index contributed by atoms with van der Waals surface area (Å²) < 4.78 is 0. The van der Waals surface area contributed by atoms with Crippen LogP contribution < -0.4 is 5.73 Å². The highest BCUT2D eigenvalue weighted by Gasteiger charge is 2.11. The SMILES string of the molecule is CCC(N)=C(C)C(=N)c1cccc(-c2cccc(-c3cccc(-c4ccccn4)n3)c2)n1.